The molecule has 4 aromatic rings. The Labute approximate surface area is 186 Å². The van der Waals surface area contributed by atoms with E-state index in [1.807, 2.05) is 73.1 Å². The van der Waals surface area contributed by atoms with Crippen LogP contribution >= 0.6 is 0 Å². The van der Waals surface area contributed by atoms with E-state index in [1.54, 1.807) is 6.33 Å². The van der Waals surface area contributed by atoms with Crippen molar-refractivity contribution in [1.82, 2.24) is 24.9 Å². The Kier molecular flexibility index (Phi) is 5.69. The lowest BCUT2D eigenvalue weighted by molar-refractivity contribution is 0.627. The highest BCUT2D eigenvalue weighted by molar-refractivity contribution is 5.58. The molecule has 0 atom stereocenters. The number of anilines is 6. The van der Waals surface area contributed by atoms with Gasteiger partial charge in [0.05, 0.1) is 18.1 Å². The molecule has 0 unspecified atom stereocenters. The number of rotatable bonds is 6. The van der Waals surface area contributed by atoms with Crippen molar-refractivity contribution in [2.24, 2.45) is 0 Å². The molecule has 0 amide bonds. The zero-order chi connectivity index (χ0) is 21.6. The van der Waals surface area contributed by atoms with E-state index in [1.165, 1.54) is 0 Å². The second-order valence-electron chi connectivity index (χ2n) is 7.34. The molecule has 0 radical (unpaired) electrons. The van der Waals surface area contributed by atoms with E-state index in [-0.39, 0.29) is 0 Å². The van der Waals surface area contributed by atoms with Crippen molar-refractivity contribution in [2.75, 3.05) is 46.6 Å². The number of nitrogens with one attached hydrogen (secondary N) is 2. The number of hydrogen-bond donors (Lipinski definition) is 2. The maximum absolute atomic E-state index is 4.58. The van der Waals surface area contributed by atoms with Gasteiger partial charge >= 0.3 is 0 Å². The average Bonchev–Trinajstić information content (AvgIpc) is 2.86. The molecule has 9 heteroatoms. The summed E-state index contributed by atoms with van der Waals surface area (Å²) in [6.45, 7) is 3.14. The molecular formula is C23H23N9. The Morgan fingerprint density at radius 2 is 1.12 bits per heavy atom. The van der Waals surface area contributed by atoms with Gasteiger partial charge in [-0.15, -0.1) is 0 Å². The molecule has 1 aliphatic heterocycles. The van der Waals surface area contributed by atoms with Gasteiger partial charge in [0.2, 0.25) is 17.8 Å². The fourth-order valence-corrected chi connectivity index (χ4v) is 3.49. The predicted octanol–water partition coefficient (Wildman–Crippen LogP) is 3.48. The van der Waals surface area contributed by atoms with E-state index in [4.69, 9.17) is 0 Å². The second-order valence-corrected chi connectivity index (χ2v) is 7.34. The lowest BCUT2D eigenvalue weighted by Crippen LogP contribution is -2.47. The Bertz CT molecular complexity index is 1130. The van der Waals surface area contributed by atoms with Crippen molar-refractivity contribution in [2.45, 2.75) is 0 Å². The molecule has 1 aliphatic rings. The van der Waals surface area contributed by atoms with E-state index >= 15 is 0 Å². The van der Waals surface area contributed by atoms with Gasteiger partial charge in [0.1, 0.15) is 6.33 Å². The zero-order valence-electron chi connectivity index (χ0n) is 17.5. The first kappa shape index (κ1) is 19.7. The van der Waals surface area contributed by atoms with Crippen LogP contribution < -0.4 is 20.4 Å². The monoisotopic (exact) mass is 425 g/mol. The Morgan fingerprint density at radius 1 is 0.562 bits per heavy atom. The third-order valence-electron chi connectivity index (χ3n) is 5.14. The van der Waals surface area contributed by atoms with Crippen molar-refractivity contribution >= 4 is 34.9 Å². The molecular weight excluding hydrogens is 402 g/mol. The van der Waals surface area contributed by atoms with Crippen LogP contribution in [0.15, 0.2) is 79.4 Å². The van der Waals surface area contributed by atoms with Crippen molar-refractivity contribution in [3.05, 3.63) is 79.4 Å². The molecule has 2 aromatic heterocycles. The van der Waals surface area contributed by atoms with Gasteiger partial charge in [-0.2, -0.15) is 4.98 Å². The summed E-state index contributed by atoms with van der Waals surface area (Å²) in [6.07, 6.45) is 5.17. The first-order valence-corrected chi connectivity index (χ1v) is 10.5. The molecule has 0 saturated carbocycles. The number of aromatic nitrogens is 5. The van der Waals surface area contributed by atoms with E-state index in [0.29, 0.717) is 11.9 Å². The van der Waals surface area contributed by atoms with Crippen LogP contribution in [0.5, 0.6) is 0 Å². The van der Waals surface area contributed by atoms with Crippen LogP contribution in [0.2, 0.25) is 0 Å². The first-order valence-electron chi connectivity index (χ1n) is 10.5. The van der Waals surface area contributed by atoms with Crippen LogP contribution in [0.4, 0.5) is 34.9 Å². The molecule has 32 heavy (non-hydrogen) atoms. The Hall–Kier alpha value is -4.27. The SMILES string of the molecule is c1ccc(Nc2cnc(N3CCN(c4ncnc(Nc5ccccc5)n4)CC3)nc2)cc1. The lowest BCUT2D eigenvalue weighted by atomic mass is 10.3. The molecule has 2 N–H and O–H groups in total. The number of benzene rings is 2. The summed E-state index contributed by atoms with van der Waals surface area (Å²) in [4.78, 5) is 26.6. The van der Waals surface area contributed by atoms with Crippen molar-refractivity contribution in [1.29, 1.82) is 0 Å². The number of para-hydroxylation sites is 2. The highest BCUT2D eigenvalue weighted by atomic mass is 15.4. The van der Waals surface area contributed by atoms with Gasteiger partial charge < -0.3 is 20.4 Å². The molecule has 160 valence electrons. The fourth-order valence-electron chi connectivity index (χ4n) is 3.49. The van der Waals surface area contributed by atoms with Gasteiger partial charge in [-0.05, 0) is 24.3 Å². The summed E-state index contributed by atoms with van der Waals surface area (Å²) in [5.74, 6) is 1.93. The highest BCUT2D eigenvalue weighted by Crippen LogP contribution is 2.19. The van der Waals surface area contributed by atoms with Gasteiger partial charge in [-0.1, -0.05) is 36.4 Å². The topological polar surface area (TPSA) is 95.0 Å². The van der Waals surface area contributed by atoms with Gasteiger partial charge in [0.15, 0.2) is 0 Å². The maximum atomic E-state index is 4.58. The Morgan fingerprint density at radius 3 is 1.75 bits per heavy atom. The zero-order valence-corrected chi connectivity index (χ0v) is 17.5. The second kappa shape index (κ2) is 9.25. The largest absolute Gasteiger partial charge is 0.353 e. The molecule has 3 heterocycles. The van der Waals surface area contributed by atoms with E-state index in [0.717, 1.165) is 49.2 Å². The molecule has 5 rings (SSSR count). The summed E-state index contributed by atoms with van der Waals surface area (Å²) in [5.41, 5.74) is 2.81. The number of hydrogen-bond acceptors (Lipinski definition) is 9. The average molecular weight is 426 g/mol. The summed E-state index contributed by atoms with van der Waals surface area (Å²) >= 11 is 0. The minimum atomic E-state index is 0.536. The van der Waals surface area contributed by atoms with Crippen LogP contribution in [0.1, 0.15) is 0 Å². The molecule has 0 bridgehead atoms. The molecule has 1 fully saturated rings. The van der Waals surface area contributed by atoms with Gasteiger partial charge in [0.25, 0.3) is 0 Å². The van der Waals surface area contributed by atoms with Crippen LogP contribution in [-0.2, 0) is 0 Å². The quantitative estimate of drug-likeness (QED) is 0.481. The fraction of sp³-hybridized carbons (Fsp3) is 0.174. The third-order valence-corrected chi connectivity index (χ3v) is 5.14. The first-order chi connectivity index (χ1) is 15.8. The van der Waals surface area contributed by atoms with Crippen LogP contribution in [0, 0.1) is 0 Å². The maximum Gasteiger partial charge on any atom is 0.231 e. The normalized spacial score (nSPS) is 13.6. The summed E-state index contributed by atoms with van der Waals surface area (Å²) in [6, 6.07) is 19.8. The van der Waals surface area contributed by atoms with Crippen molar-refractivity contribution in [3.8, 4) is 0 Å². The minimum absolute atomic E-state index is 0.536. The van der Waals surface area contributed by atoms with Crippen LogP contribution in [-0.4, -0.2) is 51.1 Å². The lowest BCUT2D eigenvalue weighted by Gasteiger charge is -2.34. The summed E-state index contributed by atoms with van der Waals surface area (Å²) < 4.78 is 0. The third kappa shape index (κ3) is 4.72. The molecule has 0 aliphatic carbocycles. The van der Waals surface area contributed by atoms with Gasteiger partial charge in [-0.25, -0.2) is 19.9 Å². The Balaban J connectivity index is 1.19. The van der Waals surface area contributed by atoms with Crippen molar-refractivity contribution < 1.29 is 0 Å². The number of nitrogens with zero attached hydrogens (tertiary/aromatic N) is 7. The van der Waals surface area contributed by atoms with E-state index < -0.39 is 0 Å². The highest BCUT2D eigenvalue weighted by Gasteiger charge is 2.21. The molecule has 2 aromatic carbocycles. The molecule has 0 spiro atoms. The predicted molar refractivity (Wildman–Crippen MR) is 126 cm³/mol. The van der Waals surface area contributed by atoms with Gasteiger partial charge in [0, 0.05) is 37.6 Å². The standard InChI is InChI=1S/C23H23N9/c1-3-7-18(8-4-1)28-20-15-24-22(25-16-20)31-11-13-32(14-12-31)23-27-17-26-21(30-23)29-19-9-5-2-6-10-19/h1-10,15-17,28H,11-14H2,(H,26,27,29,30). The minimum Gasteiger partial charge on any atom is -0.353 e. The smallest absolute Gasteiger partial charge is 0.231 e. The molecule has 1 saturated heterocycles. The molecule has 9 nitrogen and oxygen atoms in total. The van der Waals surface area contributed by atoms with Gasteiger partial charge in [-0.3, -0.25) is 0 Å². The van der Waals surface area contributed by atoms with Crippen LogP contribution in [0.3, 0.4) is 0 Å². The summed E-state index contributed by atoms with van der Waals surface area (Å²) in [7, 11) is 0. The van der Waals surface area contributed by atoms with Crippen molar-refractivity contribution in [3.63, 3.8) is 0 Å². The van der Waals surface area contributed by atoms with Crippen LogP contribution in [0.25, 0.3) is 0 Å². The summed E-state index contributed by atoms with van der Waals surface area (Å²) in [5, 5.41) is 6.52. The van der Waals surface area contributed by atoms with E-state index in [9.17, 15) is 0 Å². The van der Waals surface area contributed by atoms with E-state index in [2.05, 4.69) is 45.4 Å². The number of piperazine rings is 1.